The van der Waals surface area contributed by atoms with Crippen molar-refractivity contribution in [1.82, 2.24) is 15.5 Å². The van der Waals surface area contributed by atoms with Gasteiger partial charge in [0.2, 0.25) is 5.91 Å². The van der Waals surface area contributed by atoms with E-state index in [2.05, 4.69) is 29.3 Å². The van der Waals surface area contributed by atoms with Crippen LogP contribution in [0.2, 0.25) is 0 Å². The molecule has 0 aromatic heterocycles. The Bertz CT molecular complexity index is 796. The number of amides is 3. The van der Waals surface area contributed by atoms with Crippen LogP contribution in [0.15, 0.2) is 24.3 Å². The van der Waals surface area contributed by atoms with Crippen LogP contribution in [0.5, 0.6) is 5.75 Å². The van der Waals surface area contributed by atoms with Gasteiger partial charge in [0.15, 0.2) is 0 Å². The van der Waals surface area contributed by atoms with Gasteiger partial charge in [-0.25, -0.2) is 4.79 Å². The van der Waals surface area contributed by atoms with Gasteiger partial charge in [-0.1, -0.05) is 18.6 Å². The number of nitrogens with zero attached hydrogens (tertiary/aromatic N) is 1. The summed E-state index contributed by atoms with van der Waals surface area (Å²) in [7, 11) is 0. The smallest absolute Gasteiger partial charge is 0.408 e. The van der Waals surface area contributed by atoms with Crippen LogP contribution in [-0.2, 0) is 14.3 Å². The largest absolute Gasteiger partial charge is 0.508 e. The molecule has 3 amide bonds. The molecule has 1 rings (SSSR count). The van der Waals surface area contributed by atoms with Gasteiger partial charge in [-0.3, -0.25) is 14.5 Å². The SMILES string of the molecule is C#CN(C(=O)C(CS)NC(=O)OC(C)(C)C)C(C(=O)NC(C)C)c1ccc(O)cc1. The van der Waals surface area contributed by atoms with E-state index < -0.39 is 35.6 Å². The van der Waals surface area contributed by atoms with E-state index in [1.165, 1.54) is 24.3 Å². The Kier molecular flexibility index (Phi) is 9.05. The van der Waals surface area contributed by atoms with Gasteiger partial charge >= 0.3 is 6.09 Å². The van der Waals surface area contributed by atoms with E-state index >= 15 is 0 Å². The molecule has 3 N–H and O–H groups in total. The number of rotatable bonds is 7. The second-order valence-electron chi connectivity index (χ2n) is 7.88. The lowest BCUT2D eigenvalue weighted by Gasteiger charge is -2.30. The van der Waals surface area contributed by atoms with E-state index in [-0.39, 0.29) is 17.5 Å². The van der Waals surface area contributed by atoms with Crippen molar-refractivity contribution in [2.24, 2.45) is 0 Å². The highest BCUT2D eigenvalue weighted by molar-refractivity contribution is 7.80. The van der Waals surface area contributed by atoms with Crippen LogP contribution in [0.25, 0.3) is 0 Å². The monoisotopic (exact) mass is 435 g/mol. The number of carbonyl (C=O) groups is 3. The highest BCUT2D eigenvalue weighted by Gasteiger charge is 2.35. The fourth-order valence-corrected chi connectivity index (χ4v) is 2.75. The summed E-state index contributed by atoms with van der Waals surface area (Å²) in [6, 6.07) is 5.51. The Labute approximate surface area is 182 Å². The number of nitrogens with one attached hydrogen (secondary N) is 2. The number of alkyl carbamates (subject to hydrolysis) is 1. The topological polar surface area (TPSA) is 108 Å². The van der Waals surface area contributed by atoms with Crippen LogP contribution in [0.4, 0.5) is 4.79 Å². The van der Waals surface area contributed by atoms with E-state index in [9.17, 15) is 19.5 Å². The van der Waals surface area contributed by atoms with Crippen molar-refractivity contribution >= 4 is 30.5 Å². The summed E-state index contributed by atoms with van der Waals surface area (Å²) in [4.78, 5) is 39.0. The van der Waals surface area contributed by atoms with Gasteiger partial charge in [0.25, 0.3) is 5.91 Å². The van der Waals surface area contributed by atoms with Crippen molar-refractivity contribution in [1.29, 1.82) is 0 Å². The molecule has 30 heavy (non-hydrogen) atoms. The van der Waals surface area contributed by atoms with Gasteiger partial charge in [-0.15, -0.1) is 0 Å². The number of hydrogen-bond acceptors (Lipinski definition) is 6. The average molecular weight is 436 g/mol. The molecule has 9 heteroatoms. The lowest BCUT2D eigenvalue weighted by atomic mass is 10.0. The molecule has 0 aliphatic rings. The molecule has 0 aliphatic carbocycles. The fraction of sp³-hybridized carbons (Fsp3) is 0.476. The number of hydrogen-bond donors (Lipinski definition) is 4. The minimum absolute atomic E-state index is 0.000166. The van der Waals surface area contributed by atoms with E-state index in [1.54, 1.807) is 34.6 Å². The molecule has 0 saturated heterocycles. The molecule has 0 saturated carbocycles. The lowest BCUT2D eigenvalue weighted by molar-refractivity contribution is -0.138. The first-order chi connectivity index (χ1) is 13.9. The van der Waals surface area contributed by atoms with Crippen LogP contribution in [-0.4, -0.2) is 51.4 Å². The molecule has 1 aromatic rings. The van der Waals surface area contributed by atoms with Crippen molar-refractivity contribution in [2.75, 3.05) is 5.75 Å². The normalized spacial score (nSPS) is 13.0. The van der Waals surface area contributed by atoms with Crippen LogP contribution in [0.1, 0.15) is 46.2 Å². The Balaban J connectivity index is 3.23. The van der Waals surface area contributed by atoms with Gasteiger partial charge in [-0.2, -0.15) is 12.6 Å². The number of benzene rings is 1. The lowest BCUT2D eigenvalue weighted by Crippen LogP contribution is -2.52. The number of aromatic hydroxyl groups is 1. The molecule has 0 spiro atoms. The van der Waals surface area contributed by atoms with Gasteiger partial charge in [0.05, 0.1) is 0 Å². The summed E-state index contributed by atoms with van der Waals surface area (Å²) in [5.41, 5.74) is -0.362. The number of terminal acetylenes is 1. The third-order valence-corrected chi connectivity index (χ3v) is 4.06. The molecule has 2 unspecified atom stereocenters. The molecule has 0 heterocycles. The van der Waals surface area contributed by atoms with Crippen LogP contribution < -0.4 is 10.6 Å². The first-order valence-electron chi connectivity index (χ1n) is 9.38. The zero-order chi connectivity index (χ0) is 23.1. The number of phenols is 1. The summed E-state index contributed by atoms with van der Waals surface area (Å²) in [5.74, 6) is -1.27. The predicted octanol–water partition coefficient (Wildman–Crippen LogP) is 2.20. The molecule has 0 bridgehead atoms. The third-order valence-electron chi connectivity index (χ3n) is 3.69. The summed E-state index contributed by atoms with van der Waals surface area (Å²) in [6.07, 6.45) is 4.79. The summed E-state index contributed by atoms with van der Waals surface area (Å²) >= 11 is 4.13. The second-order valence-corrected chi connectivity index (χ2v) is 8.24. The highest BCUT2D eigenvalue weighted by atomic mass is 32.1. The van der Waals surface area contributed by atoms with Crippen LogP contribution in [0.3, 0.4) is 0 Å². The Hall–Kier alpha value is -2.86. The molecule has 2 atom stereocenters. The fourth-order valence-electron chi connectivity index (χ4n) is 2.51. The summed E-state index contributed by atoms with van der Waals surface area (Å²) in [5, 5.41) is 14.7. The summed E-state index contributed by atoms with van der Waals surface area (Å²) in [6.45, 7) is 8.61. The Morgan fingerprint density at radius 3 is 2.20 bits per heavy atom. The van der Waals surface area contributed by atoms with Gasteiger partial charge < -0.3 is 20.5 Å². The van der Waals surface area contributed by atoms with Gasteiger partial charge in [-0.05, 0) is 52.3 Å². The van der Waals surface area contributed by atoms with Crippen molar-refractivity contribution < 1.29 is 24.2 Å². The maximum atomic E-state index is 13.1. The first-order valence-corrected chi connectivity index (χ1v) is 10.0. The molecule has 164 valence electrons. The summed E-state index contributed by atoms with van der Waals surface area (Å²) < 4.78 is 5.18. The molecular formula is C21H29N3O5S. The molecular weight excluding hydrogens is 406 g/mol. The second kappa shape index (κ2) is 10.8. The standard InChI is InChI=1S/C21H29N3O5S/c1-7-24(19(27)16(12-30)23-20(28)29-21(4,5)6)17(18(26)22-13(2)3)14-8-10-15(25)11-9-14/h1,8-11,13,16-17,25,30H,12H2,2-6H3,(H,22,26)(H,23,28). The Morgan fingerprint density at radius 1 is 1.20 bits per heavy atom. The molecule has 8 nitrogen and oxygen atoms in total. The first kappa shape index (κ1) is 25.2. The zero-order valence-electron chi connectivity index (χ0n) is 17.8. The minimum Gasteiger partial charge on any atom is -0.508 e. The molecule has 0 aliphatic heterocycles. The zero-order valence-corrected chi connectivity index (χ0v) is 18.7. The van der Waals surface area contributed by atoms with Crippen LogP contribution >= 0.6 is 12.6 Å². The van der Waals surface area contributed by atoms with E-state index in [0.29, 0.717) is 5.56 Å². The van der Waals surface area contributed by atoms with Crippen LogP contribution in [0, 0.1) is 12.5 Å². The minimum atomic E-state index is -1.17. The van der Waals surface area contributed by atoms with Crippen molar-refractivity contribution in [3.8, 4) is 18.2 Å². The van der Waals surface area contributed by atoms with E-state index in [1.807, 2.05) is 0 Å². The molecule has 1 aromatic carbocycles. The number of carbonyl (C=O) groups excluding carboxylic acids is 3. The molecule has 0 fully saturated rings. The number of ether oxygens (including phenoxy) is 1. The van der Waals surface area contributed by atoms with Gasteiger partial charge in [0.1, 0.15) is 23.4 Å². The Morgan fingerprint density at radius 2 is 1.77 bits per heavy atom. The maximum absolute atomic E-state index is 13.1. The number of thiol groups is 1. The third kappa shape index (κ3) is 7.52. The molecule has 0 radical (unpaired) electrons. The highest BCUT2D eigenvalue weighted by Crippen LogP contribution is 2.24. The van der Waals surface area contributed by atoms with Crippen molar-refractivity contribution in [3.05, 3.63) is 29.8 Å². The average Bonchev–Trinajstić information content (AvgIpc) is 2.62. The van der Waals surface area contributed by atoms with E-state index in [0.717, 1.165) is 4.90 Å². The quantitative estimate of drug-likeness (QED) is 0.298. The van der Waals surface area contributed by atoms with Crippen molar-refractivity contribution in [3.63, 3.8) is 0 Å². The van der Waals surface area contributed by atoms with Crippen molar-refractivity contribution in [2.45, 2.75) is 58.3 Å². The van der Waals surface area contributed by atoms with E-state index in [4.69, 9.17) is 11.2 Å². The predicted molar refractivity (Wildman–Crippen MR) is 117 cm³/mol. The van der Waals surface area contributed by atoms with Gasteiger partial charge in [0, 0.05) is 17.8 Å². The number of phenolic OH excluding ortho intramolecular Hbond substituents is 1. The maximum Gasteiger partial charge on any atom is 0.408 e.